The number of benzene rings is 1. The lowest BCUT2D eigenvalue weighted by molar-refractivity contribution is 0.459. The standard InChI is InChI=1S/C13H13BrN2O/c1-8-3-4-10(14)6-12(8)17-13-5-9(2)11(15)7-16-13/h3-7H,15H2,1-2H3. The molecule has 4 heteroatoms. The lowest BCUT2D eigenvalue weighted by Gasteiger charge is -2.09. The highest BCUT2D eigenvalue weighted by Crippen LogP contribution is 2.28. The van der Waals surface area contributed by atoms with E-state index in [-0.39, 0.29) is 0 Å². The van der Waals surface area contributed by atoms with Gasteiger partial charge in [-0.25, -0.2) is 4.98 Å². The number of hydrogen-bond acceptors (Lipinski definition) is 3. The molecule has 0 aliphatic rings. The lowest BCUT2D eigenvalue weighted by atomic mass is 10.2. The van der Waals surface area contributed by atoms with E-state index >= 15 is 0 Å². The minimum Gasteiger partial charge on any atom is -0.439 e. The molecule has 3 nitrogen and oxygen atoms in total. The number of hydrogen-bond donors (Lipinski definition) is 1. The summed E-state index contributed by atoms with van der Waals surface area (Å²) in [5, 5.41) is 0. The van der Waals surface area contributed by atoms with Crippen molar-refractivity contribution in [2.45, 2.75) is 13.8 Å². The van der Waals surface area contributed by atoms with Crippen LogP contribution < -0.4 is 10.5 Å². The maximum atomic E-state index is 5.73. The summed E-state index contributed by atoms with van der Waals surface area (Å²) in [4.78, 5) is 4.14. The van der Waals surface area contributed by atoms with Crippen molar-refractivity contribution in [2.75, 3.05) is 5.73 Å². The Balaban J connectivity index is 2.31. The van der Waals surface area contributed by atoms with Crippen molar-refractivity contribution in [2.24, 2.45) is 0 Å². The molecule has 0 saturated heterocycles. The van der Waals surface area contributed by atoms with Crippen LogP contribution in [0.5, 0.6) is 11.6 Å². The van der Waals surface area contributed by atoms with Crippen LogP contribution in [0.2, 0.25) is 0 Å². The van der Waals surface area contributed by atoms with Crippen LogP contribution in [0.15, 0.2) is 34.9 Å². The first-order chi connectivity index (χ1) is 8.06. The van der Waals surface area contributed by atoms with E-state index in [1.54, 1.807) is 6.20 Å². The van der Waals surface area contributed by atoms with Gasteiger partial charge >= 0.3 is 0 Å². The molecule has 2 aromatic rings. The summed E-state index contributed by atoms with van der Waals surface area (Å²) in [5.41, 5.74) is 8.40. The van der Waals surface area contributed by atoms with Gasteiger partial charge in [-0.1, -0.05) is 22.0 Å². The minimum atomic E-state index is 0.554. The van der Waals surface area contributed by atoms with Crippen molar-refractivity contribution in [3.63, 3.8) is 0 Å². The number of halogens is 1. The average molecular weight is 293 g/mol. The molecule has 1 aromatic heterocycles. The summed E-state index contributed by atoms with van der Waals surface area (Å²) in [5.74, 6) is 1.34. The highest BCUT2D eigenvalue weighted by atomic mass is 79.9. The van der Waals surface area contributed by atoms with Crippen molar-refractivity contribution in [3.8, 4) is 11.6 Å². The summed E-state index contributed by atoms with van der Waals surface area (Å²) >= 11 is 3.42. The molecule has 0 radical (unpaired) electrons. The van der Waals surface area contributed by atoms with Gasteiger partial charge in [0.2, 0.25) is 5.88 Å². The molecule has 1 aromatic carbocycles. The Kier molecular flexibility index (Phi) is 3.33. The molecule has 0 atom stereocenters. The molecule has 0 bridgehead atoms. The number of aryl methyl sites for hydroxylation is 2. The van der Waals surface area contributed by atoms with Crippen molar-refractivity contribution in [1.29, 1.82) is 0 Å². The van der Waals surface area contributed by atoms with Gasteiger partial charge in [-0.15, -0.1) is 0 Å². The van der Waals surface area contributed by atoms with Gasteiger partial charge in [0, 0.05) is 10.5 Å². The van der Waals surface area contributed by atoms with Crippen LogP contribution in [0.3, 0.4) is 0 Å². The van der Waals surface area contributed by atoms with E-state index in [9.17, 15) is 0 Å². The molecule has 17 heavy (non-hydrogen) atoms. The van der Waals surface area contributed by atoms with Crippen LogP contribution in [-0.4, -0.2) is 4.98 Å². The first kappa shape index (κ1) is 11.9. The van der Waals surface area contributed by atoms with Gasteiger partial charge in [0.1, 0.15) is 5.75 Å². The van der Waals surface area contributed by atoms with Crippen LogP contribution in [0.1, 0.15) is 11.1 Å². The highest BCUT2D eigenvalue weighted by molar-refractivity contribution is 9.10. The second-order valence-electron chi connectivity index (χ2n) is 3.89. The Hall–Kier alpha value is -1.55. The fraction of sp³-hybridized carbons (Fsp3) is 0.154. The van der Waals surface area contributed by atoms with Crippen molar-refractivity contribution in [3.05, 3.63) is 46.1 Å². The predicted octanol–water partition coefficient (Wildman–Crippen LogP) is 3.84. The van der Waals surface area contributed by atoms with Gasteiger partial charge in [-0.05, 0) is 37.1 Å². The van der Waals surface area contributed by atoms with E-state index in [0.29, 0.717) is 11.6 Å². The minimum absolute atomic E-state index is 0.554. The Bertz CT molecular complexity index is 555. The number of nitrogens with zero attached hydrogens (tertiary/aromatic N) is 1. The maximum Gasteiger partial charge on any atom is 0.219 e. The number of aromatic nitrogens is 1. The fourth-order valence-electron chi connectivity index (χ4n) is 1.39. The molecule has 0 spiro atoms. The molecule has 88 valence electrons. The first-order valence-electron chi connectivity index (χ1n) is 5.22. The summed E-state index contributed by atoms with van der Waals surface area (Å²) < 4.78 is 6.71. The second kappa shape index (κ2) is 4.75. The van der Waals surface area contributed by atoms with Gasteiger partial charge in [-0.3, -0.25) is 0 Å². The Labute approximate surface area is 109 Å². The third kappa shape index (κ3) is 2.77. The summed E-state index contributed by atoms with van der Waals surface area (Å²) in [6.45, 7) is 3.92. The number of nitrogen functional groups attached to an aromatic ring is 1. The van der Waals surface area contributed by atoms with E-state index in [1.807, 2.05) is 38.1 Å². The van der Waals surface area contributed by atoms with Crippen LogP contribution in [-0.2, 0) is 0 Å². The van der Waals surface area contributed by atoms with Crippen molar-refractivity contribution >= 4 is 21.6 Å². The zero-order chi connectivity index (χ0) is 12.4. The first-order valence-corrected chi connectivity index (χ1v) is 6.01. The van der Waals surface area contributed by atoms with E-state index in [2.05, 4.69) is 20.9 Å². The monoisotopic (exact) mass is 292 g/mol. The molecule has 0 saturated carbocycles. The van der Waals surface area contributed by atoms with E-state index in [1.165, 1.54) is 0 Å². The highest BCUT2D eigenvalue weighted by Gasteiger charge is 2.04. The molecular weight excluding hydrogens is 280 g/mol. The fourth-order valence-corrected chi connectivity index (χ4v) is 1.73. The molecule has 0 amide bonds. The smallest absolute Gasteiger partial charge is 0.219 e. The van der Waals surface area contributed by atoms with Gasteiger partial charge in [0.15, 0.2) is 0 Å². The van der Waals surface area contributed by atoms with Crippen LogP contribution in [0, 0.1) is 13.8 Å². The molecule has 2 N–H and O–H groups in total. The van der Waals surface area contributed by atoms with Crippen LogP contribution in [0.4, 0.5) is 5.69 Å². The zero-order valence-corrected chi connectivity index (χ0v) is 11.3. The van der Waals surface area contributed by atoms with Gasteiger partial charge in [-0.2, -0.15) is 0 Å². The van der Waals surface area contributed by atoms with Gasteiger partial charge < -0.3 is 10.5 Å². The molecule has 0 fully saturated rings. The second-order valence-corrected chi connectivity index (χ2v) is 4.81. The van der Waals surface area contributed by atoms with Gasteiger partial charge in [0.05, 0.1) is 11.9 Å². The third-order valence-corrected chi connectivity index (χ3v) is 2.98. The topological polar surface area (TPSA) is 48.1 Å². The lowest BCUT2D eigenvalue weighted by Crippen LogP contribution is -1.95. The van der Waals surface area contributed by atoms with Crippen molar-refractivity contribution < 1.29 is 4.74 Å². The third-order valence-electron chi connectivity index (χ3n) is 2.49. The Morgan fingerprint density at radius 3 is 2.65 bits per heavy atom. The molecular formula is C13H13BrN2O. The number of rotatable bonds is 2. The van der Waals surface area contributed by atoms with Gasteiger partial charge in [0.25, 0.3) is 0 Å². The molecule has 2 rings (SSSR count). The van der Waals surface area contributed by atoms with E-state index in [4.69, 9.17) is 10.5 Å². The van der Waals surface area contributed by atoms with E-state index in [0.717, 1.165) is 21.3 Å². The summed E-state index contributed by atoms with van der Waals surface area (Å²) in [6, 6.07) is 7.71. The number of nitrogens with two attached hydrogens (primary N) is 1. The summed E-state index contributed by atoms with van der Waals surface area (Å²) in [7, 11) is 0. The van der Waals surface area contributed by atoms with Crippen LogP contribution in [0.25, 0.3) is 0 Å². The van der Waals surface area contributed by atoms with E-state index < -0.39 is 0 Å². The number of ether oxygens (including phenoxy) is 1. The molecule has 0 unspecified atom stereocenters. The van der Waals surface area contributed by atoms with Crippen LogP contribution >= 0.6 is 15.9 Å². The Morgan fingerprint density at radius 1 is 1.18 bits per heavy atom. The number of anilines is 1. The zero-order valence-electron chi connectivity index (χ0n) is 9.70. The average Bonchev–Trinajstić information content (AvgIpc) is 2.29. The molecule has 1 heterocycles. The quantitative estimate of drug-likeness (QED) is 0.915. The molecule has 0 aliphatic carbocycles. The number of pyridine rings is 1. The summed E-state index contributed by atoms with van der Waals surface area (Å²) in [6.07, 6.45) is 1.61. The predicted molar refractivity (Wildman–Crippen MR) is 72.3 cm³/mol. The molecule has 0 aliphatic heterocycles. The largest absolute Gasteiger partial charge is 0.439 e. The van der Waals surface area contributed by atoms with Crippen molar-refractivity contribution in [1.82, 2.24) is 4.98 Å². The maximum absolute atomic E-state index is 5.73. The SMILES string of the molecule is Cc1cc(Oc2cc(Br)ccc2C)ncc1N. The Morgan fingerprint density at radius 2 is 1.94 bits per heavy atom. The normalized spacial score (nSPS) is 10.3.